The van der Waals surface area contributed by atoms with Gasteiger partial charge in [0.2, 0.25) is 10.0 Å². The zero-order valence-corrected chi connectivity index (χ0v) is 18.1. The molecule has 1 saturated heterocycles. The molecule has 4 rings (SSSR count). The number of fused-ring (bicyclic) bond motifs is 1. The number of benzene rings is 2. The van der Waals surface area contributed by atoms with Crippen LogP contribution >= 0.6 is 11.3 Å². The van der Waals surface area contributed by atoms with Crippen LogP contribution < -0.4 is 4.87 Å². The molecule has 30 heavy (non-hydrogen) atoms. The topological polar surface area (TPSA) is 79.7 Å². The van der Waals surface area contributed by atoms with Crippen molar-refractivity contribution in [1.29, 1.82) is 0 Å². The van der Waals surface area contributed by atoms with E-state index in [-0.39, 0.29) is 47.4 Å². The number of hydrogen-bond acceptors (Lipinski definition) is 5. The number of nitrogens with zero attached hydrogens (tertiary/aromatic N) is 3. The highest BCUT2D eigenvalue weighted by Gasteiger charge is 2.31. The smallest absolute Gasteiger partial charge is 0.307 e. The van der Waals surface area contributed by atoms with E-state index in [1.165, 1.54) is 32.0 Å². The summed E-state index contributed by atoms with van der Waals surface area (Å²) in [6.07, 6.45) is 0. The van der Waals surface area contributed by atoms with Gasteiger partial charge in [0.15, 0.2) is 0 Å². The molecule has 2 heterocycles. The summed E-state index contributed by atoms with van der Waals surface area (Å²) in [7, 11) is -2.11. The number of aromatic nitrogens is 1. The number of amides is 1. The molecule has 1 aromatic heterocycles. The van der Waals surface area contributed by atoms with Crippen LogP contribution in [-0.4, -0.2) is 54.3 Å². The summed E-state index contributed by atoms with van der Waals surface area (Å²) in [6.45, 7) is 2.35. The SMILES string of the molecule is Cc1ccc(C(=O)N2CCN(S(=O)(=O)c3ccc4c(c3)sc(=O)n4C)CC2)cc1F. The second kappa shape index (κ2) is 7.60. The van der Waals surface area contributed by atoms with Crippen LogP contribution in [0.5, 0.6) is 0 Å². The summed E-state index contributed by atoms with van der Waals surface area (Å²) in [4.78, 5) is 25.9. The van der Waals surface area contributed by atoms with Crippen LogP contribution in [-0.2, 0) is 17.1 Å². The van der Waals surface area contributed by atoms with Gasteiger partial charge in [-0.1, -0.05) is 17.4 Å². The third-order valence-electron chi connectivity index (χ3n) is 5.35. The lowest BCUT2D eigenvalue weighted by Gasteiger charge is -2.34. The van der Waals surface area contributed by atoms with Gasteiger partial charge in [-0.2, -0.15) is 4.31 Å². The van der Waals surface area contributed by atoms with Gasteiger partial charge < -0.3 is 9.47 Å². The Morgan fingerprint density at radius 3 is 2.43 bits per heavy atom. The highest BCUT2D eigenvalue weighted by molar-refractivity contribution is 7.89. The first-order valence-electron chi connectivity index (χ1n) is 9.33. The molecule has 1 aliphatic heterocycles. The Bertz CT molecular complexity index is 1310. The van der Waals surface area contributed by atoms with Gasteiger partial charge in [0, 0.05) is 38.8 Å². The Morgan fingerprint density at radius 1 is 1.07 bits per heavy atom. The maximum Gasteiger partial charge on any atom is 0.307 e. The van der Waals surface area contributed by atoms with E-state index in [2.05, 4.69) is 0 Å². The lowest BCUT2D eigenvalue weighted by Crippen LogP contribution is -2.50. The number of halogens is 1. The van der Waals surface area contributed by atoms with Crippen LogP contribution in [0.4, 0.5) is 4.39 Å². The Kier molecular flexibility index (Phi) is 5.25. The second-order valence-corrected chi connectivity index (χ2v) is 10.1. The molecule has 0 unspecified atom stereocenters. The van der Waals surface area contributed by atoms with Crippen molar-refractivity contribution in [3.8, 4) is 0 Å². The first-order chi connectivity index (χ1) is 14.2. The normalized spacial score (nSPS) is 15.6. The van der Waals surface area contributed by atoms with E-state index in [1.807, 2.05) is 0 Å². The van der Waals surface area contributed by atoms with Crippen molar-refractivity contribution in [2.75, 3.05) is 26.2 Å². The molecular formula is C20H20FN3O4S2. The molecule has 0 spiro atoms. The van der Waals surface area contributed by atoms with Crippen LogP contribution in [0.2, 0.25) is 0 Å². The Hall–Kier alpha value is -2.56. The fourth-order valence-corrected chi connectivity index (χ4v) is 5.91. The van der Waals surface area contributed by atoms with Crippen molar-refractivity contribution >= 4 is 37.5 Å². The number of carbonyl (C=O) groups is 1. The van der Waals surface area contributed by atoms with Crippen molar-refractivity contribution in [3.63, 3.8) is 0 Å². The molecule has 0 saturated carbocycles. The standard InChI is InChI=1S/C20H20FN3O4S2/c1-13-3-4-14(11-16(13)21)19(25)23-7-9-24(10-8-23)30(27,28)15-5-6-17-18(12-15)29-20(26)22(17)2/h3-6,11-12H,7-10H2,1-2H3. The van der Waals surface area contributed by atoms with Crippen molar-refractivity contribution in [2.24, 2.45) is 7.05 Å². The Balaban J connectivity index is 1.51. The average Bonchev–Trinajstić information content (AvgIpc) is 3.02. The fourth-order valence-electron chi connectivity index (χ4n) is 3.46. The quantitative estimate of drug-likeness (QED) is 0.614. The van der Waals surface area contributed by atoms with Crippen molar-refractivity contribution < 1.29 is 17.6 Å². The van der Waals surface area contributed by atoms with E-state index in [9.17, 15) is 22.4 Å². The first-order valence-corrected chi connectivity index (χ1v) is 11.6. The second-order valence-electron chi connectivity index (χ2n) is 7.22. The maximum atomic E-state index is 13.8. The number of carbonyl (C=O) groups excluding carboxylic acids is 1. The fraction of sp³-hybridized carbons (Fsp3) is 0.300. The molecule has 1 aliphatic rings. The van der Waals surface area contributed by atoms with Crippen LogP contribution in [0.15, 0.2) is 46.1 Å². The van der Waals surface area contributed by atoms with E-state index in [0.29, 0.717) is 15.8 Å². The van der Waals surface area contributed by atoms with E-state index >= 15 is 0 Å². The van der Waals surface area contributed by atoms with Gasteiger partial charge in [-0.25, -0.2) is 12.8 Å². The van der Waals surface area contributed by atoms with Crippen molar-refractivity contribution in [3.05, 3.63) is 63.0 Å². The highest BCUT2D eigenvalue weighted by Crippen LogP contribution is 2.24. The largest absolute Gasteiger partial charge is 0.336 e. The molecule has 0 bridgehead atoms. The summed E-state index contributed by atoms with van der Waals surface area (Å²) in [5.41, 5.74) is 1.39. The maximum absolute atomic E-state index is 13.8. The Labute approximate surface area is 177 Å². The van der Waals surface area contributed by atoms with E-state index in [1.54, 1.807) is 32.2 Å². The van der Waals surface area contributed by atoms with Gasteiger partial charge >= 0.3 is 4.87 Å². The third-order valence-corrected chi connectivity index (χ3v) is 8.24. The summed E-state index contributed by atoms with van der Waals surface area (Å²) in [6, 6.07) is 8.98. The molecule has 0 radical (unpaired) electrons. The number of sulfonamides is 1. The summed E-state index contributed by atoms with van der Waals surface area (Å²) < 4.78 is 43.3. The van der Waals surface area contributed by atoms with Crippen LogP contribution in [0.1, 0.15) is 15.9 Å². The van der Waals surface area contributed by atoms with Crippen molar-refractivity contribution in [2.45, 2.75) is 11.8 Å². The number of piperazine rings is 1. The van der Waals surface area contributed by atoms with Gasteiger partial charge in [-0.05, 0) is 42.8 Å². The van der Waals surface area contributed by atoms with Crippen LogP contribution in [0.3, 0.4) is 0 Å². The summed E-state index contributed by atoms with van der Waals surface area (Å²) >= 11 is 1.00. The minimum atomic E-state index is -3.75. The molecule has 3 aromatic rings. The third kappa shape index (κ3) is 3.55. The molecule has 1 amide bonds. The molecule has 158 valence electrons. The zero-order valence-electron chi connectivity index (χ0n) is 16.5. The summed E-state index contributed by atoms with van der Waals surface area (Å²) in [5.74, 6) is -0.762. The van der Waals surface area contributed by atoms with Gasteiger partial charge in [0.05, 0.1) is 15.1 Å². The van der Waals surface area contributed by atoms with E-state index in [0.717, 1.165) is 11.3 Å². The van der Waals surface area contributed by atoms with Gasteiger partial charge in [-0.15, -0.1) is 0 Å². The first kappa shape index (κ1) is 20.7. The lowest BCUT2D eigenvalue weighted by atomic mass is 10.1. The minimum absolute atomic E-state index is 0.122. The number of rotatable bonds is 3. The molecule has 0 atom stereocenters. The van der Waals surface area contributed by atoms with Crippen LogP contribution in [0, 0.1) is 12.7 Å². The summed E-state index contributed by atoms with van der Waals surface area (Å²) in [5, 5.41) is 0. The lowest BCUT2D eigenvalue weighted by molar-refractivity contribution is 0.0697. The highest BCUT2D eigenvalue weighted by atomic mass is 32.2. The number of hydrogen-bond donors (Lipinski definition) is 0. The Morgan fingerprint density at radius 2 is 1.77 bits per heavy atom. The minimum Gasteiger partial charge on any atom is -0.336 e. The molecule has 0 N–H and O–H groups in total. The molecule has 7 nitrogen and oxygen atoms in total. The molecular weight excluding hydrogens is 429 g/mol. The molecule has 0 aliphatic carbocycles. The zero-order chi connectivity index (χ0) is 21.6. The average molecular weight is 450 g/mol. The van der Waals surface area contributed by atoms with Gasteiger partial charge in [0.25, 0.3) is 5.91 Å². The van der Waals surface area contributed by atoms with Crippen LogP contribution in [0.25, 0.3) is 10.2 Å². The molecule has 1 fully saturated rings. The molecule has 2 aromatic carbocycles. The predicted molar refractivity (Wildman–Crippen MR) is 113 cm³/mol. The van der Waals surface area contributed by atoms with Crippen molar-refractivity contribution in [1.82, 2.24) is 13.8 Å². The van der Waals surface area contributed by atoms with Gasteiger partial charge in [0.1, 0.15) is 5.82 Å². The van der Waals surface area contributed by atoms with E-state index < -0.39 is 15.8 Å². The predicted octanol–water partition coefficient (Wildman–Crippen LogP) is 2.19. The number of thiazole rings is 1. The van der Waals surface area contributed by atoms with Gasteiger partial charge in [-0.3, -0.25) is 9.59 Å². The number of aryl methyl sites for hydroxylation is 2. The monoisotopic (exact) mass is 449 g/mol. The molecule has 10 heteroatoms. The van der Waals surface area contributed by atoms with E-state index in [4.69, 9.17) is 0 Å².